The maximum absolute atomic E-state index is 12.1. The summed E-state index contributed by atoms with van der Waals surface area (Å²) in [5, 5.41) is 13.6. The van der Waals surface area contributed by atoms with Gasteiger partial charge in [0.25, 0.3) is 5.91 Å². The van der Waals surface area contributed by atoms with Gasteiger partial charge >= 0.3 is 5.69 Å². The normalized spacial score (nSPS) is 9.85. The van der Waals surface area contributed by atoms with Gasteiger partial charge in [0.15, 0.2) is 0 Å². The van der Waals surface area contributed by atoms with E-state index in [9.17, 15) is 14.9 Å². The minimum absolute atomic E-state index is 0.0590. The number of nitrogen functional groups attached to an aromatic ring is 1. The first kappa shape index (κ1) is 13.4. The minimum atomic E-state index is -0.664. The highest BCUT2D eigenvalue weighted by Gasteiger charge is 2.24. The van der Waals surface area contributed by atoms with Crippen molar-refractivity contribution in [3.8, 4) is 0 Å². The van der Waals surface area contributed by atoms with E-state index in [4.69, 9.17) is 5.84 Å². The van der Waals surface area contributed by atoms with Crippen LogP contribution in [0.25, 0.3) is 0 Å². The second-order valence-corrected chi connectivity index (χ2v) is 3.77. The maximum Gasteiger partial charge on any atom is 0.306 e. The number of nitrogens with zero attached hydrogens (tertiary/aromatic N) is 2. The summed E-state index contributed by atoms with van der Waals surface area (Å²) in [6.45, 7) is 0. The lowest BCUT2D eigenvalue weighted by Gasteiger charge is -2.07. The quantitative estimate of drug-likeness (QED) is 0.441. The molecule has 0 unspecified atom stereocenters. The van der Waals surface area contributed by atoms with Crippen LogP contribution in [0.3, 0.4) is 0 Å². The largest absolute Gasteiger partial charge is 0.318 e. The Hall–Kier alpha value is -3.00. The van der Waals surface area contributed by atoms with Crippen LogP contribution in [0.15, 0.2) is 42.6 Å². The molecule has 0 atom stereocenters. The second-order valence-electron chi connectivity index (χ2n) is 3.77. The van der Waals surface area contributed by atoms with Crippen molar-refractivity contribution in [3.63, 3.8) is 0 Å². The summed E-state index contributed by atoms with van der Waals surface area (Å²) in [4.78, 5) is 26.4. The van der Waals surface area contributed by atoms with Crippen LogP contribution in [0.4, 0.5) is 17.2 Å². The summed E-state index contributed by atoms with van der Waals surface area (Å²) < 4.78 is 0. The van der Waals surface area contributed by atoms with Gasteiger partial charge in [0, 0.05) is 6.20 Å². The van der Waals surface area contributed by atoms with Gasteiger partial charge in [-0.15, -0.1) is 0 Å². The van der Waals surface area contributed by atoms with Crippen LogP contribution < -0.4 is 16.6 Å². The van der Waals surface area contributed by atoms with Gasteiger partial charge < -0.3 is 10.7 Å². The molecule has 0 saturated carbocycles. The highest BCUT2D eigenvalue weighted by Crippen LogP contribution is 2.28. The number of anilines is 2. The van der Waals surface area contributed by atoms with Crippen LogP contribution in [-0.4, -0.2) is 15.8 Å². The molecular formula is C12H11N5O3. The Kier molecular flexibility index (Phi) is 3.87. The molecule has 1 heterocycles. The SMILES string of the molecule is NNc1cccc(C(=O)Nc2ccccn2)c1[N+](=O)[O-]. The van der Waals surface area contributed by atoms with E-state index in [1.807, 2.05) is 0 Å². The number of nitro groups is 1. The molecule has 4 N–H and O–H groups in total. The summed E-state index contributed by atoms with van der Waals surface area (Å²) in [6.07, 6.45) is 1.50. The fourth-order valence-electron chi connectivity index (χ4n) is 1.66. The van der Waals surface area contributed by atoms with Crippen LogP contribution >= 0.6 is 0 Å². The lowest BCUT2D eigenvalue weighted by molar-refractivity contribution is -0.384. The Morgan fingerprint density at radius 1 is 1.25 bits per heavy atom. The zero-order valence-electron chi connectivity index (χ0n) is 10.2. The smallest absolute Gasteiger partial charge is 0.306 e. The molecule has 0 fully saturated rings. The number of pyridine rings is 1. The molecule has 0 spiro atoms. The molecule has 0 aliphatic rings. The second kappa shape index (κ2) is 5.76. The topological polar surface area (TPSA) is 123 Å². The number of hydrazine groups is 1. The van der Waals surface area contributed by atoms with Gasteiger partial charge in [-0.3, -0.25) is 20.8 Å². The molecule has 102 valence electrons. The molecule has 0 aliphatic heterocycles. The Bertz CT molecular complexity index is 645. The van der Waals surface area contributed by atoms with Gasteiger partial charge in [0.2, 0.25) is 0 Å². The van der Waals surface area contributed by atoms with Crippen LogP contribution in [0.1, 0.15) is 10.4 Å². The predicted octanol–water partition coefficient (Wildman–Crippen LogP) is 1.53. The highest BCUT2D eigenvalue weighted by molar-refractivity contribution is 6.08. The molecule has 1 amide bonds. The molecule has 0 aliphatic carbocycles. The van der Waals surface area contributed by atoms with E-state index in [2.05, 4.69) is 15.7 Å². The zero-order valence-corrected chi connectivity index (χ0v) is 10.2. The van der Waals surface area contributed by atoms with Gasteiger partial charge in [0.05, 0.1) is 4.92 Å². The number of benzene rings is 1. The van der Waals surface area contributed by atoms with Crippen molar-refractivity contribution < 1.29 is 9.72 Å². The summed E-state index contributed by atoms with van der Waals surface area (Å²) >= 11 is 0. The van der Waals surface area contributed by atoms with Crippen molar-refractivity contribution >= 4 is 23.1 Å². The number of aromatic nitrogens is 1. The number of rotatable bonds is 4. The fourth-order valence-corrected chi connectivity index (χ4v) is 1.66. The monoisotopic (exact) mass is 273 g/mol. The standard InChI is InChI=1S/C12H11N5O3/c13-16-9-5-3-4-8(11(9)17(19)20)12(18)15-10-6-1-2-7-14-10/h1-7,16H,13H2,(H,14,15,18). The zero-order chi connectivity index (χ0) is 14.5. The lowest BCUT2D eigenvalue weighted by atomic mass is 10.1. The van der Waals surface area contributed by atoms with E-state index in [-0.39, 0.29) is 16.9 Å². The van der Waals surface area contributed by atoms with Crippen LogP contribution in [-0.2, 0) is 0 Å². The number of hydrogen-bond acceptors (Lipinski definition) is 6. The molecule has 20 heavy (non-hydrogen) atoms. The number of amides is 1. The first-order valence-electron chi connectivity index (χ1n) is 5.60. The number of carbonyl (C=O) groups excluding carboxylic acids is 1. The van der Waals surface area contributed by atoms with Crippen molar-refractivity contribution in [1.29, 1.82) is 0 Å². The maximum atomic E-state index is 12.1. The van der Waals surface area contributed by atoms with Gasteiger partial charge in [0.1, 0.15) is 17.1 Å². The van der Waals surface area contributed by atoms with E-state index in [1.165, 1.54) is 24.4 Å². The van der Waals surface area contributed by atoms with Gasteiger partial charge in [-0.25, -0.2) is 4.98 Å². The number of nitro benzene ring substituents is 1. The molecule has 8 heteroatoms. The van der Waals surface area contributed by atoms with Crippen molar-refractivity contribution in [1.82, 2.24) is 4.98 Å². The average molecular weight is 273 g/mol. The van der Waals surface area contributed by atoms with E-state index in [1.54, 1.807) is 18.2 Å². The number of nitrogens with two attached hydrogens (primary N) is 1. The third-order valence-corrected chi connectivity index (χ3v) is 2.53. The van der Waals surface area contributed by atoms with E-state index < -0.39 is 10.8 Å². The van der Waals surface area contributed by atoms with Gasteiger partial charge in [-0.1, -0.05) is 12.1 Å². The van der Waals surface area contributed by atoms with Crippen molar-refractivity contribution in [2.45, 2.75) is 0 Å². The van der Waals surface area contributed by atoms with E-state index in [0.29, 0.717) is 5.82 Å². The summed E-state index contributed by atoms with van der Waals surface area (Å²) in [5.74, 6) is 4.88. The number of nitrogens with one attached hydrogen (secondary N) is 2. The third-order valence-electron chi connectivity index (χ3n) is 2.53. The van der Waals surface area contributed by atoms with Crippen LogP contribution in [0, 0.1) is 10.1 Å². The number of carbonyl (C=O) groups is 1. The van der Waals surface area contributed by atoms with Crippen molar-refractivity contribution in [2.75, 3.05) is 10.7 Å². The number of hydrogen-bond donors (Lipinski definition) is 3. The molecule has 1 aromatic carbocycles. The molecule has 1 aromatic heterocycles. The number of para-hydroxylation sites is 1. The summed E-state index contributed by atoms with van der Waals surface area (Å²) in [7, 11) is 0. The first-order chi connectivity index (χ1) is 9.63. The minimum Gasteiger partial charge on any atom is -0.318 e. The Morgan fingerprint density at radius 3 is 2.65 bits per heavy atom. The molecule has 0 bridgehead atoms. The molecule has 8 nitrogen and oxygen atoms in total. The molecule has 2 rings (SSSR count). The van der Waals surface area contributed by atoms with Crippen LogP contribution in [0.5, 0.6) is 0 Å². The molecular weight excluding hydrogens is 262 g/mol. The van der Waals surface area contributed by atoms with Crippen LogP contribution in [0.2, 0.25) is 0 Å². The summed E-state index contributed by atoms with van der Waals surface area (Å²) in [5.41, 5.74) is 1.77. The van der Waals surface area contributed by atoms with Crippen molar-refractivity contribution in [3.05, 3.63) is 58.3 Å². The molecule has 0 radical (unpaired) electrons. The Morgan fingerprint density at radius 2 is 2.05 bits per heavy atom. The predicted molar refractivity (Wildman–Crippen MR) is 73.1 cm³/mol. The summed E-state index contributed by atoms with van der Waals surface area (Å²) in [6, 6.07) is 9.21. The third kappa shape index (κ3) is 2.70. The Balaban J connectivity index is 2.37. The lowest BCUT2D eigenvalue weighted by Crippen LogP contribution is -2.17. The Labute approximate surface area is 113 Å². The molecule has 0 saturated heterocycles. The highest BCUT2D eigenvalue weighted by atomic mass is 16.6. The van der Waals surface area contributed by atoms with Gasteiger partial charge in [-0.2, -0.15) is 0 Å². The van der Waals surface area contributed by atoms with E-state index in [0.717, 1.165) is 0 Å². The van der Waals surface area contributed by atoms with Crippen molar-refractivity contribution in [2.24, 2.45) is 5.84 Å². The fraction of sp³-hybridized carbons (Fsp3) is 0. The molecule has 2 aromatic rings. The van der Waals surface area contributed by atoms with E-state index >= 15 is 0 Å². The average Bonchev–Trinajstić information content (AvgIpc) is 2.47. The first-order valence-corrected chi connectivity index (χ1v) is 5.60. The van der Waals surface area contributed by atoms with Gasteiger partial charge in [-0.05, 0) is 24.3 Å².